The Morgan fingerprint density at radius 2 is 1.82 bits per heavy atom. The maximum absolute atomic E-state index is 10.4. The minimum absolute atomic E-state index is 0.0209. The summed E-state index contributed by atoms with van der Waals surface area (Å²) < 4.78 is 6.36. The second-order valence-electron chi connectivity index (χ2n) is 6.63. The maximum atomic E-state index is 10.4. The number of nitrogens with zero attached hydrogens (tertiary/aromatic N) is 2. The van der Waals surface area contributed by atoms with Crippen molar-refractivity contribution in [1.29, 1.82) is 0 Å². The van der Waals surface area contributed by atoms with Crippen molar-refractivity contribution in [1.82, 2.24) is 4.98 Å². The average molecular weight is 437 g/mol. The Morgan fingerprint density at radius 3 is 2.61 bits per heavy atom. The number of rotatable bonds is 3. The van der Waals surface area contributed by atoms with Gasteiger partial charge in [0.05, 0.1) is 15.7 Å². The second-order valence-corrected chi connectivity index (χ2v) is 7.49. The number of benzene rings is 3. The number of aryl methyl sites for hydroxylation is 2. The minimum atomic E-state index is 0.0209. The van der Waals surface area contributed by atoms with Crippen LogP contribution in [-0.2, 0) is 0 Å². The Morgan fingerprint density at radius 1 is 1.00 bits per heavy atom. The average Bonchev–Trinajstić information content (AvgIpc) is 3.06. The Bertz CT molecular complexity index is 1230. The normalized spacial score (nSPS) is 11.5. The molecule has 3 aromatic carbocycles. The van der Waals surface area contributed by atoms with Gasteiger partial charge in [-0.15, -0.1) is 0 Å². The van der Waals surface area contributed by atoms with Gasteiger partial charge in [0.1, 0.15) is 17.0 Å². The fraction of sp³-hybridized carbons (Fsp3) is 0.0909. The highest BCUT2D eigenvalue weighted by molar-refractivity contribution is 9.10. The third-order valence-electron chi connectivity index (χ3n) is 4.34. The van der Waals surface area contributed by atoms with E-state index in [-0.39, 0.29) is 11.5 Å². The van der Waals surface area contributed by atoms with Crippen molar-refractivity contribution in [3.05, 3.63) is 69.7 Å². The molecule has 0 aliphatic heterocycles. The molecular formula is C22H17BrN2O3. The van der Waals surface area contributed by atoms with E-state index in [0.717, 1.165) is 16.6 Å². The molecule has 140 valence electrons. The number of phenols is 2. The van der Waals surface area contributed by atoms with E-state index in [9.17, 15) is 10.2 Å². The Labute approximate surface area is 170 Å². The largest absolute Gasteiger partial charge is 0.507 e. The highest BCUT2D eigenvalue weighted by Gasteiger charge is 2.13. The number of aliphatic imine (C=N–C) groups is 1. The minimum Gasteiger partial charge on any atom is -0.507 e. The molecule has 0 unspecified atom stereocenters. The zero-order valence-electron chi connectivity index (χ0n) is 15.3. The topological polar surface area (TPSA) is 78.9 Å². The third-order valence-corrected chi connectivity index (χ3v) is 4.95. The number of hydrogen-bond donors (Lipinski definition) is 2. The SMILES string of the molecule is Cc1cc(Br)c(O)c(C=Nc2ccc(-c3nc4cc(C)ccc4o3)c(O)c2)c1. The van der Waals surface area contributed by atoms with Crippen molar-refractivity contribution in [3.8, 4) is 23.0 Å². The molecule has 0 saturated heterocycles. The lowest BCUT2D eigenvalue weighted by Gasteiger charge is -2.04. The van der Waals surface area contributed by atoms with Crippen molar-refractivity contribution in [3.63, 3.8) is 0 Å². The summed E-state index contributed by atoms with van der Waals surface area (Å²) in [5.41, 5.74) is 5.13. The van der Waals surface area contributed by atoms with Gasteiger partial charge < -0.3 is 14.6 Å². The van der Waals surface area contributed by atoms with Crippen molar-refractivity contribution in [2.24, 2.45) is 4.99 Å². The van der Waals surface area contributed by atoms with Gasteiger partial charge in [-0.3, -0.25) is 4.99 Å². The van der Waals surface area contributed by atoms with Gasteiger partial charge >= 0.3 is 0 Å². The van der Waals surface area contributed by atoms with Gasteiger partial charge in [0.25, 0.3) is 0 Å². The van der Waals surface area contributed by atoms with E-state index >= 15 is 0 Å². The Balaban J connectivity index is 1.66. The monoisotopic (exact) mass is 436 g/mol. The number of aromatic nitrogens is 1. The van der Waals surface area contributed by atoms with Gasteiger partial charge in [-0.2, -0.15) is 0 Å². The summed E-state index contributed by atoms with van der Waals surface area (Å²) in [7, 11) is 0. The molecule has 1 aromatic heterocycles. The molecule has 28 heavy (non-hydrogen) atoms. The molecule has 2 N–H and O–H groups in total. The molecule has 4 aromatic rings. The van der Waals surface area contributed by atoms with Crippen molar-refractivity contribution in [2.75, 3.05) is 0 Å². The van der Waals surface area contributed by atoms with Gasteiger partial charge in [-0.25, -0.2) is 4.98 Å². The van der Waals surface area contributed by atoms with Crippen LogP contribution < -0.4 is 0 Å². The molecule has 0 fully saturated rings. The molecule has 0 aliphatic carbocycles. The molecule has 0 spiro atoms. The summed E-state index contributed by atoms with van der Waals surface area (Å²) >= 11 is 3.32. The van der Waals surface area contributed by atoms with Gasteiger partial charge in [-0.05, 0) is 77.3 Å². The van der Waals surface area contributed by atoms with E-state index in [0.29, 0.717) is 32.8 Å². The molecule has 0 aliphatic rings. The van der Waals surface area contributed by atoms with Crippen LogP contribution in [0.15, 0.2) is 62.4 Å². The fourth-order valence-electron chi connectivity index (χ4n) is 2.94. The molecule has 6 heteroatoms. The Kier molecular flexibility index (Phi) is 4.65. The van der Waals surface area contributed by atoms with Crippen molar-refractivity contribution in [2.45, 2.75) is 13.8 Å². The molecule has 0 radical (unpaired) electrons. The van der Waals surface area contributed by atoms with Crippen LogP contribution in [0.5, 0.6) is 11.5 Å². The predicted octanol–water partition coefficient (Wildman–Crippen LogP) is 6.04. The van der Waals surface area contributed by atoms with E-state index in [4.69, 9.17) is 4.42 Å². The van der Waals surface area contributed by atoms with Crippen LogP contribution in [-0.4, -0.2) is 21.4 Å². The molecular weight excluding hydrogens is 420 g/mol. The van der Waals surface area contributed by atoms with Gasteiger partial charge in [0.15, 0.2) is 5.58 Å². The van der Waals surface area contributed by atoms with Crippen molar-refractivity contribution >= 4 is 38.9 Å². The van der Waals surface area contributed by atoms with Crippen LogP contribution in [0.2, 0.25) is 0 Å². The van der Waals surface area contributed by atoms with Gasteiger partial charge in [0, 0.05) is 17.8 Å². The molecule has 1 heterocycles. The summed E-state index contributed by atoms with van der Waals surface area (Å²) in [4.78, 5) is 8.81. The summed E-state index contributed by atoms with van der Waals surface area (Å²) in [5, 5.41) is 20.6. The summed E-state index contributed by atoms with van der Waals surface area (Å²) in [6.45, 7) is 3.92. The van der Waals surface area contributed by atoms with Crippen LogP contribution in [0, 0.1) is 13.8 Å². The highest BCUT2D eigenvalue weighted by atomic mass is 79.9. The van der Waals surface area contributed by atoms with E-state index in [1.165, 1.54) is 6.07 Å². The first kappa shape index (κ1) is 18.3. The fourth-order valence-corrected chi connectivity index (χ4v) is 3.53. The van der Waals surface area contributed by atoms with E-state index in [2.05, 4.69) is 25.9 Å². The zero-order valence-corrected chi connectivity index (χ0v) is 16.9. The molecule has 0 bridgehead atoms. The number of halogens is 1. The summed E-state index contributed by atoms with van der Waals surface area (Å²) in [6, 6.07) is 14.4. The standard InChI is InChI=1S/C22H17BrN2O3/c1-12-3-6-20-18(9-12)25-22(28-20)16-5-4-15(10-19(16)26)24-11-14-7-13(2)8-17(23)21(14)27/h3-11,26-27H,1-2H3. The highest BCUT2D eigenvalue weighted by Crippen LogP contribution is 2.34. The van der Waals surface area contributed by atoms with E-state index < -0.39 is 0 Å². The van der Waals surface area contributed by atoms with Crippen LogP contribution in [0.25, 0.3) is 22.6 Å². The Hall–Kier alpha value is -3.12. The summed E-state index contributed by atoms with van der Waals surface area (Å²) in [6.07, 6.45) is 1.56. The molecule has 0 amide bonds. The first-order chi connectivity index (χ1) is 13.4. The lowest BCUT2D eigenvalue weighted by atomic mass is 10.1. The van der Waals surface area contributed by atoms with E-state index in [1.54, 1.807) is 18.3 Å². The number of phenolic OH excluding ortho intramolecular Hbond substituents is 2. The van der Waals surface area contributed by atoms with E-state index in [1.807, 2.05) is 44.2 Å². The van der Waals surface area contributed by atoms with Crippen LogP contribution >= 0.6 is 15.9 Å². The maximum Gasteiger partial charge on any atom is 0.231 e. The quantitative estimate of drug-likeness (QED) is 0.383. The van der Waals surface area contributed by atoms with Crippen molar-refractivity contribution < 1.29 is 14.6 Å². The molecule has 0 atom stereocenters. The number of hydrogen-bond acceptors (Lipinski definition) is 5. The number of oxazole rings is 1. The molecule has 4 rings (SSSR count). The first-order valence-corrected chi connectivity index (χ1v) is 9.44. The van der Waals surface area contributed by atoms with Gasteiger partial charge in [-0.1, -0.05) is 6.07 Å². The lowest BCUT2D eigenvalue weighted by molar-refractivity contribution is 0.471. The first-order valence-electron chi connectivity index (χ1n) is 8.64. The lowest BCUT2D eigenvalue weighted by Crippen LogP contribution is -1.86. The van der Waals surface area contributed by atoms with Crippen LogP contribution in [0.1, 0.15) is 16.7 Å². The van der Waals surface area contributed by atoms with Crippen LogP contribution in [0.4, 0.5) is 5.69 Å². The van der Waals surface area contributed by atoms with Gasteiger partial charge in [0.2, 0.25) is 5.89 Å². The smallest absolute Gasteiger partial charge is 0.231 e. The number of aromatic hydroxyl groups is 2. The summed E-state index contributed by atoms with van der Waals surface area (Å²) in [5.74, 6) is 0.499. The molecule has 5 nitrogen and oxygen atoms in total. The van der Waals surface area contributed by atoms with Crippen LogP contribution in [0.3, 0.4) is 0 Å². The zero-order chi connectivity index (χ0) is 19.8. The number of fused-ring (bicyclic) bond motifs is 1. The third kappa shape index (κ3) is 3.51. The second kappa shape index (κ2) is 7.13. The molecule has 0 saturated carbocycles. The predicted molar refractivity (Wildman–Crippen MR) is 114 cm³/mol.